The summed E-state index contributed by atoms with van der Waals surface area (Å²) >= 11 is 0. The van der Waals surface area contributed by atoms with E-state index in [1.54, 1.807) is 0 Å². The van der Waals surface area contributed by atoms with Crippen molar-refractivity contribution in [3.8, 4) is 0 Å². The monoisotopic (exact) mass is 168 g/mol. The van der Waals surface area contributed by atoms with Gasteiger partial charge in [-0.1, -0.05) is 25.5 Å². The van der Waals surface area contributed by atoms with Gasteiger partial charge in [0.1, 0.15) is 0 Å². The van der Waals surface area contributed by atoms with Crippen molar-refractivity contribution in [2.24, 2.45) is 11.3 Å². The summed E-state index contributed by atoms with van der Waals surface area (Å²) in [5.41, 5.74) is 1.94. The maximum absolute atomic E-state index is 8.64. The predicted molar refractivity (Wildman–Crippen MR) is 52.0 cm³/mol. The Hall–Kier alpha value is -0.300. The highest BCUT2D eigenvalue weighted by atomic mass is 16.2. The first-order chi connectivity index (χ1) is 5.56. The minimum atomic E-state index is 0.194. The third kappa shape index (κ3) is 2.63. The fraction of sp³-hybridized carbons (Fsp3) is 0.818. The minimum absolute atomic E-state index is 0.194. The van der Waals surface area contributed by atoms with Gasteiger partial charge in [0.15, 0.2) is 0 Å². The molecule has 12 heavy (non-hydrogen) atoms. The summed E-state index contributed by atoms with van der Waals surface area (Å²) < 4.78 is 0. The molecule has 0 bridgehead atoms. The molecule has 0 aromatic carbocycles. The van der Waals surface area contributed by atoms with Crippen LogP contribution < -0.4 is 0 Å². The summed E-state index contributed by atoms with van der Waals surface area (Å²) in [6.45, 7) is 6.97. The van der Waals surface area contributed by atoms with E-state index in [4.69, 9.17) is 5.11 Å². The van der Waals surface area contributed by atoms with E-state index in [0.717, 1.165) is 12.3 Å². The molecule has 0 amide bonds. The van der Waals surface area contributed by atoms with Gasteiger partial charge in [0.2, 0.25) is 0 Å². The van der Waals surface area contributed by atoms with Gasteiger partial charge in [-0.05, 0) is 37.5 Å². The van der Waals surface area contributed by atoms with Crippen molar-refractivity contribution in [2.75, 3.05) is 6.61 Å². The van der Waals surface area contributed by atoms with Crippen LogP contribution in [0.15, 0.2) is 11.6 Å². The highest BCUT2D eigenvalue weighted by molar-refractivity contribution is 5.02. The Kier molecular flexibility index (Phi) is 2.94. The van der Waals surface area contributed by atoms with Crippen LogP contribution in [0.5, 0.6) is 0 Å². The van der Waals surface area contributed by atoms with Crippen LogP contribution in [0.3, 0.4) is 0 Å². The summed E-state index contributed by atoms with van der Waals surface area (Å²) in [6, 6.07) is 0. The third-order valence-electron chi connectivity index (χ3n) is 3.04. The molecular weight excluding hydrogens is 148 g/mol. The largest absolute Gasteiger partial charge is 0.392 e. The lowest BCUT2D eigenvalue weighted by molar-refractivity contribution is 0.341. The lowest BCUT2D eigenvalue weighted by Gasteiger charge is -2.03. The standard InChI is InChI=1S/C11H20O/c1-9(6-7-12)4-5-10-8-11(10,2)3/h6,10,12H,4-5,7-8H2,1-3H3/b9-6+. The molecule has 1 saturated carbocycles. The van der Waals surface area contributed by atoms with E-state index in [1.165, 1.54) is 18.4 Å². The smallest absolute Gasteiger partial charge is 0.0614 e. The van der Waals surface area contributed by atoms with E-state index in [-0.39, 0.29) is 6.61 Å². The Morgan fingerprint density at radius 2 is 2.17 bits per heavy atom. The topological polar surface area (TPSA) is 20.2 Å². The highest BCUT2D eigenvalue weighted by Gasteiger charge is 2.44. The average molecular weight is 168 g/mol. The van der Waals surface area contributed by atoms with E-state index < -0.39 is 0 Å². The maximum Gasteiger partial charge on any atom is 0.0614 e. The Balaban J connectivity index is 2.15. The van der Waals surface area contributed by atoms with Crippen LogP contribution >= 0.6 is 0 Å². The summed E-state index contributed by atoms with van der Waals surface area (Å²) in [4.78, 5) is 0. The van der Waals surface area contributed by atoms with Crippen LogP contribution in [0.1, 0.15) is 40.0 Å². The first-order valence-corrected chi connectivity index (χ1v) is 4.83. The molecule has 1 unspecified atom stereocenters. The summed E-state index contributed by atoms with van der Waals surface area (Å²) in [7, 11) is 0. The van der Waals surface area contributed by atoms with Crippen molar-refractivity contribution in [1.29, 1.82) is 0 Å². The van der Waals surface area contributed by atoms with Crippen molar-refractivity contribution in [1.82, 2.24) is 0 Å². The molecule has 0 heterocycles. The van der Waals surface area contributed by atoms with Gasteiger partial charge in [-0.15, -0.1) is 0 Å². The molecule has 70 valence electrons. The first kappa shape index (κ1) is 9.79. The van der Waals surface area contributed by atoms with Crippen LogP contribution in [0.25, 0.3) is 0 Å². The first-order valence-electron chi connectivity index (χ1n) is 4.83. The van der Waals surface area contributed by atoms with Crippen LogP contribution in [0.2, 0.25) is 0 Å². The number of aliphatic hydroxyl groups excluding tert-OH is 1. The SMILES string of the molecule is C/C(=C\CO)CCC1CC1(C)C. The van der Waals surface area contributed by atoms with Crippen LogP contribution in [0.4, 0.5) is 0 Å². The highest BCUT2D eigenvalue weighted by Crippen LogP contribution is 2.54. The quantitative estimate of drug-likeness (QED) is 0.640. The average Bonchev–Trinajstić information content (AvgIpc) is 2.56. The van der Waals surface area contributed by atoms with Crippen molar-refractivity contribution in [3.63, 3.8) is 0 Å². The normalized spacial score (nSPS) is 27.3. The van der Waals surface area contributed by atoms with Gasteiger partial charge < -0.3 is 5.11 Å². The van der Waals surface area contributed by atoms with Gasteiger partial charge in [-0.25, -0.2) is 0 Å². The second kappa shape index (κ2) is 3.61. The number of hydrogen-bond acceptors (Lipinski definition) is 1. The molecule has 0 aromatic rings. The van der Waals surface area contributed by atoms with Gasteiger partial charge >= 0.3 is 0 Å². The molecule has 1 atom stereocenters. The molecule has 0 saturated heterocycles. The molecule has 0 aliphatic heterocycles. The Morgan fingerprint density at radius 1 is 1.58 bits per heavy atom. The molecular formula is C11H20O. The number of aliphatic hydroxyl groups is 1. The van der Waals surface area contributed by atoms with Gasteiger partial charge in [-0.3, -0.25) is 0 Å². The van der Waals surface area contributed by atoms with Crippen molar-refractivity contribution >= 4 is 0 Å². The van der Waals surface area contributed by atoms with Gasteiger partial charge in [0.05, 0.1) is 6.61 Å². The van der Waals surface area contributed by atoms with Gasteiger partial charge in [-0.2, -0.15) is 0 Å². The summed E-state index contributed by atoms with van der Waals surface area (Å²) in [5.74, 6) is 0.930. The fourth-order valence-electron chi connectivity index (χ4n) is 1.73. The number of rotatable bonds is 4. The molecule has 1 nitrogen and oxygen atoms in total. The number of hydrogen-bond donors (Lipinski definition) is 1. The minimum Gasteiger partial charge on any atom is -0.392 e. The van der Waals surface area contributed by atoms with Crippen LogP contribution in [0, 0.1) is 11.3 Å². The van der Waals surface area contributed by atoms with E-state index in [1.807, 2.05) is 6.08 Å². The molecule has 1 N–H and O–H groups in total. The zero-order chi connectivity index (χ0) is 9.19. The fourth-order valence-corrected chi connectivity index (χ4v) is 1.73. The third-order valence-corrected chi connectivity index (χ3v) is 3.04. The second-order valence-electron chi connectivity index (χ2n) is 4.66. The molecule has 0 radical (unpaired) electrons. The van der Waals surface area contributed by atoms with Gasteiger partial charge in [0.25, 0.3) is 0 Å². The summed E-state index contributed by atoms with van der Waals surface area (Å²) in [6.07, 6.45) is 5.76. The second-order valence-corrected chi connectivity index (χ2v) is 4.66. The van der Waals surface area contributed by atoms with Gasteiger partial charge in [0, 0.05) is 0 Å². The van der Waals surface area contributed by atoms with E-state index >= 15 is 0 Å². The Labute approximate surface area is 75.5 Å². The lowest BCUT2D eigenvalue weighted by atomic mass is 10.0. The zero-order valence-electron chi connectivity index (χ0n) is 8.43. The molecule has 1 heteroatoms. The lowest BCUT2D eigenvalue weighted by Crippen LogP contribution is -1.91. The van der Waals surface area contributed by atoms with E-state index in [0.29, 0.717) is 5.41 Å². The Morgan fingerprint density at radius 3 is 2.58 bits per heavy atom. The predicted octanol–water partition coefficient (Wildman–Crippen LogP) is 2.75. The molecule has 0 aromatic heterocycles. The van der Waals surface area contributed by atoms with E-state index in [2.05, 4.69) is 20.8 Å². The van der Waals surface area contributed by atoms with Crippen molar-refractivity contribution < 1.29 is 5.11 Å². The molecule has 1 fully saturated rings. The van der Waals surface area contributed by atoms with Crippen molar-refractivity contribution in [3.05, 3.63) is 11.6 Å². The van der Waals surface area contributed by atoms with Crippen LogP contribution in [-0.2, 0) is 0 Å². The zero-order valence-corrected chi connectivity index (χ0v) is 8.43. The Bertz CT molecular complexity index is 179. The molecule has 1 aliphatic carbocycles. The maximum atomic E-state index is 8.64. The van der Waals surface area contributed by atoms with Crippen LogP contribution in [-0.4, -0.2) is 11.7 Å². The molecule has 0 spiro atoms. The summed E-state index contributed by atoms with van der Waals surface area (Å²) in [5, 5.41) is 8.64. The van der Waals surface area contributed by atoms with E-state index in [9.17, 15) is 0 Å². The van der Waals surface area contributed by atoms with Crippen molar-refractivity contribution in [2.45, 2.75) is 40.0 Å². The number of allylic oxidation sites excluding steroid dienone is 1. The molecule has 1 aliphatic rings. The molecule has 1 rings (SSSR count).